The summed E-state index contributed by atoms with van der Waals surface area (Å²) in [6.07, 6.45) is 0.776. The predicted octanol–water partition coefficient (Wildman–Crippen LogP) is 1.24. The number of rotatable bonds is 10. The molecule has 0 heterocycles. The minimum absolute atomic E-state index is 0.0652. The van der Waals surface area contributed by atoms with E-state index in [2.05, 4.69) is 15.6 Å². The molecule has 0 amide bonds. The summed E-state index contributed by atoms with van der Waals surface area (Å²) in [7, 11) is 0.223. The van der Waals surface area contributed by atoms with Gasteiger partial charge in [-0.15, -0.1) is 0 Å². The van der Waals surface area contributed by atoms with Crippen LogP contribution in [0.25, 0.3) is 0 Å². The molecule has 2 N–H and O–H groups in total. The summed E-state index contributed by atoms with van der Waals surface area (Å²) in [6, 6.07) is 5.81. The molecule has 0 fully saturated rings. The first-order valence-corrected chi connectivity index (χ1v) is 10.2. The first-order valence-electron chi connectivity index (χ1n) is 8.39. The fourth-order valence-electron chi connectivity index (χ4n) is 2.14. The van der Waals surface area contributed by atoms with Crippen LogP contribution >= 0.6 is 0 Å². The van der Waals surface area contributed by atoms with Crippen molar-refractivity contribution in [3.63, 3.8) is 0 Å². The van der Waals surface area contributed by atoms with Gasteiger partial charge >= 0.3 is 0 Å². The molecule has 0 aromatic heterocycles. The van der Waals surface area contributed by atoms with Crippen molar-refractivity contribution in [2.45, 2.75) is 20.3 Å². The first-order chi connectivity index (χ1) is 12.0. The van der Waals surface area contributed by atoms with Gasteiger partial charge in [0.2, 0.25) is 0 Å². The molecule has 7 nitrogen and oxygen atoms in total. The molecule has 0 aliphatic heterocycles. The van der Waals surface area contributed by atoms with Crippen LogP contribution in [0, 0.1) is 0 Å². The summed E-state index contributed by atoms with van der Waals surface area (Å²) in [4.78, 5) is 4.31. The number of guanidine groups is 1. The molecule has 0 aliphatic rings. The van der Waals surface area contributed by atoms with E-state index >= 15 is 0 Å². The highest BCUT2D eigenvalue weighted by molar-refractivity contribution is 7.91. The van der Waals surface area contributed by atoms with Crippen molar-refractivity contribution in [1.82, 2.24) is 10.6 Å². The molecule has 0 radical (unpaired) electrons. The lowest BCUT2D eigenvalue weighted by Gasteiger charge is -2.12. The summed E-state index contributed by atoms with van der Waals surface area (Å²) in [5.74, 6) is 2.23. The maximum atomic E-state index is 11.5. The van der Waals surface area contributed by atoms with Gasteiger partial charge in [0.15, 0.2) is 27.3 Å². The maximum Gasteiger partial charge on any atom is 0.191 e. The molecular formula is C17H29N3O4S. The molecule has 1 aromatic rings. The minimum Gasteiger partial charge on any atom is -0.493 e. The quantitative estimate of drug-likeness (QED) is 0.475. The Labute approximate surface area is 150 Å². The standard InChI is InChI=1S/C17H29N3O4S/c1-5-18-17(20-11-12-25(21,22)6-2)19-10-9-14-7-8-15(23-3)16(13-14)24-4/h7-8,13H,5-6,9-12H2,1-4H3,(H2,18,19,20). The number of methoxy groups -OCH3 is 2. The van der Waals surface area contributed by atoms with Crippen LogP contribution in [0.5, 0.6) is 11.5 Å². The van der Waals surface area contributed by atoms with Crippen molar-refractivity contribution in [1.29, 1.82) is 0 Å². The van der Waals surface area contributed by atoms with E-state index in [9.17, 15) is 8.42 Å². The Hall–Kier alpha value is -1.96. The molecule has 142 valence electrons. The zero-order valence-electron chi connectivity index (χ0n) is 15.5. The SMILES string of the molecule is CCNC(=NCCS(=O)(=O)CC)NCCc1ccc(OC)c(OC)c1. The Morgan fingerprint density at radius 3 is 2.44 bits per heavy atom. The molecule has 0 atom stereocenters. The zero-order valence-corrected chi connectivity index (χ0v) is 16.3. The van der Waals surface area contributed by atoms with Crippen LogP contribution in [-0.4, -0.2) is 59.7 Å². The molecule has 8 heteroatoms. The summed E-state index contributed by atoms with van der Waals surface area (Å²) in [5, 5.41) is 6.32. The van der Waals surface area contributed by atoms with E-state index in [1.807, 2.05) is 25.1 Å². The van der Waals surface area contributed by atoms with E-state index in [-0.39, 0.29) is 18.1 Å². The van der Waals surface area contributed by atoms with E-state index in [0.29, 0.717) is 30.5 Å². The van der Waals surface area contributed by atoms with E-state index in [1.54, 1.807) is 21.1 Å². The average Bonchev–Trinajstić information content (AvgIpc) is 2.61. The van der Waals surface area contributed by atoms with Gasteiger partial charge in [0.05, 0.1) is 26.5 Å². The fourth-order valence-corrected chi connectivity index (χ4v) is 2.80. The number of hydrogen-bond acceptors (Lipinski definition) is 5. The van der Waals surface area contributed by atoms with Crippen LogP contribution < -0.4 is 20.1 Å². The summed E-state index contributed by atoms with van der Waals surface area (Å²) in [5.41, 5.74) is 1.11. The fraction of sp³-hybridized carbons (Fsp3) is 0.588. The van der Waals surface area contributed by atoms with Gasteiger partial charge in [-0.3, -0.25) is 4.99 Å². The molecule has 1 rings (SSSR count). The van der Waals surface area contributed by atoms with Gasteiger partial charge in [-0.05, 0) is 31.0 Å². The number of aliphatic imine (C=N–C) groups is 1. The molecule has 0 spiro atoms. The second-order valence-electron chi connectivity index (χ2n) is 5.36. The Bertz CT molecular complexity index is 660. The highest BCUT2D eigenvalue weighted by Gasteiger charge is 2.07. The summed E-state index contributed by atoms with van der Waals surface area (Å²) < 4.78 is 33.6. The number of ether oxygens (including phenoxy) is 2. The predicted molar refractivity (Wildman–Crippen MR) is 102 cm³/mol. The number of hydrogen-bond donors (Lipinski definition) is 2. The van der Waals surface area contributed by atoms with Crippen molar-refractivity contribution in [2.24, 2.45) is 4.99 Å². The third kappa shape index (κ3) is 7.64. The van der Waals surface area contributed by atoms with E-state index in [1.165, 1.54) is 0 Å². The van der Waals surface area contributed by atoms with Crippen LogP contribution in [0.4, 0.5) is 0 Å². The van der Waals surface area contributed by atoms with Crippen molar-refractivity contribution in [2.75, 3.05) is 45.4 Å². The van der Waals surface area contributed by atoms with Gasteiger partial charge < -0.3 is 20.1 Å². The third-order valence-corrected chi connectivity index (χ3v) is 5.29. The lowest BCUT2D eigenvalue weighted by atomic mass is 10.1. The van der Waals surface area contributed by atoms with Gasteiger partial charge in [0.1, 0.15) is 0 Å². The highest BCUT2D eigenvalue weighted by Crippen LogP contribution is 2.27. The number of sulfone groups is 1. The number of nitrogens with zero attached hydrogens (tertiary/aromatic N) is 1. The number of nitrogens with one attached hydrogen (secondary N) is 2. The lowest BCUT2D eigenvalue weighted by molar-refractivity contribution is 0.354. The monoisotopic (exact) mass is 371 g/mol. The summed E-state index contributed by atoms with van der Waals surface area (Å²) in [6.45, 7) is 5.24. The van der Waals surface area contributed by atoms with E-state index in [0.717, 1.165) is 12.0 Å². The van der Waals surface area contributed by atoms with Gasteiger partial charge in [-0.2, -0.15) is 0 Å². The topological polar surface area (TPSA) is 89.0 Å². The van der Waals surface area contributed by atoms with Crippen LogP contribution in [0.3, 0.4) is 0 Å². The largest absolute Gasteiger partial charge is 0.493 e. The molecule has 25 heavy (non-hydrogen) atoms. The van der Waals surface area contributed by atoms with Gasteiger partial charge in [-0.25, -0.2) is 8.42 Å². The third-order valence-electron chi connectivity index (χ3n) is 3.61. The minimum atomic E-state index is -3.00. The Balaban J connectivity index is 2.57. The van der Waals surface area contributed by atoms with Crippen LogP contribution in [0.15, 0.2) is 23.2 Å². The second-order valence-corrected chi connectivity index (χ2v) is 7.84. The Kier molecular flexibility index (Phi) is 9.12. The summed E-state index contributed by atoms with van der Waals surface area (Å²) >= 11 is 0. The van der Waals surface area contributed by atoms with Gasteiger partial charge in [0.25, 0.3) is 0 Å². The molecule has 0 saturated carbocycles. The van der Waals surface area contributed by atoms with E-state index in [4.69, 9.17) is 9.47 Å². The smallest absolute Gasteiger partial charge is 0.191 e. The van der Waals surface area contributed by atoms with Crippen LogP contribution in [0.2, 0.25) is 0 Å². The highest BCUT2D eigenvalue weighted by atomic mass is 32.2. The maximum absolute atomic E-state index is 11.5. The van der Waals surface area contributed by atoms with Crippen molar-refractivity contribution >= 4 is 15.8 Å². The molecular weight excluding hydrogens is 342 g/mol. The first kappa shape index (κ1) is 21.1. The van der Waals surface area contributed by atoms with Crippen LogP contribution in [0.1, 0.15) is 19.4 Å². The second kappa shape index (κ2) is 10.8. The number of benzene rings is 1. The van der Waals surface area contributed by atoms with Crippen molar-refractivity contribution in [3.05, 3.63) is 23.8 Å². The Morgan fingerprint density at radius 1 is 1.12 bits per heavy atom. The normalized spacial score (nSPS) is 11.9. The molecule has 0 saturated heterocycles. The van der Waals surface area contributed by atoms with Gasteiger partial charge in [-0.1, -0.05) is 13.0 Å². The molecule has 0 unspecified atom stereocenters. The lowest BCUT2D eigenvalue weighted by Crippen LogP contribution is -2.38. The Morgan fingerprint density at radius 2 is 1.84 bits per heavy atom. The van der Waals surface area contributed by atoms with Crippen molar-refractivity contribution in [3.8, 4) is 11.5 Å². The van der Waals surface area contributed by atoms with Crippen molar-refractivity contribution < 1.29 is 17.9 Å². The molecule has 1 aromatic carbocycles. The van der Waals surface area contributed by atoms with E-state index < -0.39 is 9.84 Å². The van der Waals surface area contributed by atoms with Crippen LogP contribution in [-0.2, 0) is 16.3 Å². The molecule has 0 bridgehead atoms. The molecule has 0 aliphatic carbocycles. The average molecular weight is 372 g/mol. The zero-order chi connectivity index (χ0) is 18.7. The van der Waals surface area contributed by atoms with Gasteiger partial charge in [0, 0.05) is 18.8 Å².